The minimum absolute atomic E-state index is 0.0610. The molecule has 0 bridgehead atoms. The monoisotopic (exact) mass is 299 g/mol. The van der Waals surface area contributed by atoms with Crippen molar-refractivity contribution in [2.45, 2.75) is 38.2 Å². The molecule has 1 aromatic carbocycles. The van der Waals surface area contributed by atoms with E-state index >= 15 is 0 Å². The Morgan fingerprint density at radius 3 is 2.55 bits per heavy atom. The third-order valence-electron chi connectivity index (χ3n) is 3.04. The zero-order valence-electron chi connectivity index (χ0n) is 12.2. The Kier molecular flexibility index (Phi) is 6.85. The summed E-state index contributed by atoms with van der Waals surface area (Å²) in [7, 11) is -1.42. The molecule has 0 aliphatic rings. The molecule has 1 rings (SSSR count). The van der Waals surface area contributed by atoms with Crippen molar-refractivity contribution in [2.75, 3.05) is 6.54 Å². The summed E-state index contributed by atoms with van der Waals surface area (Å²) in [4.78, 5) is 11.8. The zero-order valence-corrected chi connectivity index (χ0v) is 13.0. The van der Waals surface area contributed by atoms with Crippen LogP contribution in [0.25, 0.3) is 0 Å². The lowest BCUT2D eigenvalue weighted by Crippen LogP contribution is -2.36. The van der Waals surface area contributed by atoms with E-state index < -0.39 is 16.0 Å². The van der Waals surface area contributed by atoms with Gasteiger partial charge in [-0.2, -0.15) is 0 Å². The van der Waals surface area contributed by atoms with E-state index in [1.54, 1.807) is 25.1 Å². The van der Waals surface area contributed by atoms with Crippen molar-refractivity contribution >= 4 is 16.7 Å². The van der Waals surface area contributed by atoms with E-state index in [1.807, 2.05) is 0 Å². The fourth-order valence-corrected chi connectivity index (χ4v) is 2.75. The van der Waals surface area contributed by atoms with Crippen LogP contribution in [0.3, 0.4) is 0 Å². The number of carbonyl (C=O) groups excluding carboxylic acids is 1. The zero-order chi connectivity index (χ0) is 15.1. The minimum atomic E-state index is -1.42. The smallest absolute Gasteiger partial charge is 0.235 e. The Bertz CT molecular complexity index is 477. The van der Waals surface area contributed by atoms with E-state index in [2.05, 4.69) is 19.2 Å². The lowest BCUT2D eigenvalue weighted by Gasteiger charge is -2.13. The van der Waals surface area contributed by atoms with Crippen molar-refractivity contribution in [3.05, 3.63) is 35.6 Å². The van der Waals surface area contributed by atoms with Crippen molar-refractivity contribution in [3.63, 3.8) is 0 Å². The molecular weight excluding hydrogens is 277 g/mol. The summed E-state index contributed by atoms with van der Waals surface area (Å²) in [6.07, 6.45) is 0.887. The van der Waals surface area contributed by atoms with Gasteiger partial charge in [-0.05, 0) is 25.3 Å². The molecule has 2 unspecified atom stereocenters. The van der Waals surface area contributed by atoms with Gasteiger partial charge in [0.05, 0.1) is 5.75 Å². The largest absolute Gasteiger partial charge is 0.355 e. The molecule has 0 fully saturated rings. The molecule has 0 spiro atoms. The van der Waals surface area contributed by atoms with Gasteiger partial charge >= 0.3 is 0 Å². The highest BCUT2D eigenvalue weighted by molar-refractivity contribution is 7.85. The van der Waals surface area contributed by atoms with Gasteiger partial charge in [0.25, 0.3) is 0 Å². The molecule has 2 atom stereocenters. The number of halogens is 1. The maximum atomic E-state index is 13.5. The summed E-state index contributed by atoms with van der Waals surface area (Å²) in [5.41, 5.74) is 0.382. The van der Waals surface area contributed by atoms with Crippen molar-refractivity contribution < 1.29 is 13.4 Å². The van der Waals surface area contributed by atoms with Crippen molar-refractivity contribution in [1.29, 1.82) is 0 Å². The van der Waals surface area contributed by atoms with Crippen molar-refractivity contribution in [2.24, 2.45) is 5.92 Å². The summed E-state index contributed by atoms with van der Waals surface area (Å²) < 4.78 is 25.6. The Morgan fingerprint density at radius 2 is 1.95 bits per heavy atom. The molecule has 0 heterocycles. The van der Waals surface area contributed by atoms with Crippen LogP contribution in [0, 0.1) is 11.7 Å². The van der Waals surface area contributed by atoms with E-state index in [4.69, 9.17) is 0 Å². The number of hydrogen-bond donors (Lipinski definition) is 1. The second kappa shape index (κ2) is 8.15. The van der Waals surface area contributed by atoms with Gasteiger partial charge in [0.1, 0.15) is 11.1 Å². The van der Waals surface area contributed by atoms with Crippen LogP contribution in [0.2, 0.25) is 0 Å². The molecule has 112 valence electrons. The second-order valence-corrected chi connectivity index (χ2v) is 6.99. The maximum absolute atomic E-state index is 13.5. The molecule has 1 aromatic rings. The van der Waals surface area contributed by atoms with Crippen LogP contribution < -0.4 is 5.32 Å². The molecule has 0 aromatic heterocycles. The van der Waals surface area contributed by atoms with E-state index in [0.29, 0.717) is 18.0 Å². The molecular formula is C15H22FNO2S. The standard InChI is InChI=1S/C15H22FNO2S/c1-11(2)8-9-17-15(18)12(3)20(19)10-13-6-4-5-7-14(13)16/h4-7,11-12H,8-10H2,1-3H3,(H,17,18). The average molecular weight is 299 g/mol. The van der Waals surface area contributed by atoms with Crippen molar-refractivity contribution in [1.82, 2.24) is 5.32 Å². The third kappa shape index (κ3) is 5.41. The fraction of sp³-hybridized carbons (Fsp3) is 0.533. The number of benzene rings is 1. The topological polar surface area (TPSA) is 46.2 Å². The predicted octanol–water partition coefficient (Wildman–Crippen LogP) is 2.63. The first kappa shape index (κ1) is 16.8. The van der Waals surface area contributed by atoms with E-state index in [9.17, 15) is 13.4 Å². The van der Waals surface area contributed by atoms with Gasteiger partial charge in [0.15, 0.2) is 0 Å². The third-order valence-corrected chi connectivity index (χ3v) is 4.64. The van der Waals surface area contributed by atoms with Gasteiger partial charge in [-0.25, -0.2) is 4.39 Å². The van der Waals surface area contributed by atoms with Crippen LogP contribution in [-0.4, -0.2) is 21.9 Å². The first-order valence-electron chi connectivity index (χ1n) is 6.80. The highest BCUT2D eigenvalue weighted by atomic mass is 32.2. The van der Waals surface area contributed by atoms with E-state index in [-0.39, 0.29) is 17.5 Å². The molecule has 3 nitrogen and oxygen atoms in total. The van der Waals surface area contributed by atoms with Crippen LogP contribution in [0.5, 0.6) is 0 Å². The van der Waals surface area contributed by atoms with Gasteiger partial charge in [-0.15, -0.1) is 0 Å². The van der Waals surface area contributed by atoms with Gasteiger partial charge in [0, 0.05) is 22.9 Å². The van der Waals surface area contributed by atoms with Crippen LogP contribution >= 0.6 is 0 Å². The summed E-state index contributed by atoms with van der Waals surface area (Å²) in [6.45, 7) is 6.34. The quantitative estimate of drug-likeness (QED) is 0.841. The molecule has 0 radical (unpaired) electrons. The number of rotatable bonds is 7. The summed E-state index contributed by atoms with van der Waals surface area (Å²) in [6, 6.07) is 6.21. The Balaban J connectivity index is 2.50. The van der Waals surface area contributed by atoms with Crippen LogP contribution in [-0.2, 0) is 21.3 Å². The average Bonchev–Trinajstić information content (AvgIpc) is 2.39. The number of carbonyl (C=O) groups is 1. The second-order valence-electron chi connectivity index (χ2n) is 5.23. The van der Waals surface area contributed by atoms with Gasteiger partial charge in [-0.3, -0.25) is 9.00 Å². The molecule has 1 amide bonds. The highest BCUT2D eigenvalue weighted by Gasteiger charge is 2.20. The lowest BCUT2D eigenvalue weighted by molar-refractivity contribution is -0.120. The van der Waals surface area contributed by atoms with Crippen LogP contribution in [0.1, 0.15) is 32.8 Å². The molecule has 0 aliphatic heterocycles. The summed E-state index contributed by atoms with van der Waals surface area (Å²) in [5, 5.41) is 2.13. The molecule has 0 saturated carbocycles. The Hall–Kier alpha value is -1.23. The Labute approximate surface area is 122 Å². The molecule has 0 saturated heterocycles. The molecule has 0 aliphatic carbocycles. The minimum Gasteiger partial charge on any atom is -0.355 e. The summed E-state index contributed by atoms with van der Waals surface area (Å²) >= 11 is 0. The van der Waals surface area contributed by atoms with Crippen molar-refractivity contribution in [3.8, 4) is 0 Å². The van der Waals surface area contributed by atoms with Crippen LogP contribution in [0.15, 0.2) is 24.3 Å². The number of nitrogens with one attached hydrogen (secondary N) is 1. The van der Waals surface area contributed by atoms with Crippen LogP contribution in [0.4, 0.5) is 4.39 Å². The van der Waals surface area contributed by atoms with Gasteiger partial charge in [-0.1, -0.05) is 32.0 Å². The number of amides is 1. The fourth-order valence-electron chi connectivity index (χ4n) is 1.64. The molecule has 1 N–H and O–H groups in total. The SMILES string of the molecule is CC(C)CCNC(=O)C(C)S(=O)Cc1ccccc1F. The van der Waals surface area contributed by atoms with Gasteiger partial charge < -0.3 is 5.32 Å². The number of hydrogen-bond acceptors (Lipinski definition) is 2. The first-order valence-corrected chi connectivity index (χ1v) is 8.18. The van der Waals surface area contributed by atoms with E-state index in [1.165, 1.54) is 6.07 Å². The summed E-state index contributed by atoms with van der Waals surface area (Å²) in [5.74, 6) is -0.0473. The molecule has 5 heteroatoms. The lowest BCUT2D eigenvalue weighted by atomic mass is 10.1. The predicted molar refractivity (Wildman–Crippen MR) is 80.2 cm³/mol. The first-order chi connectivity index (χ1) is 9.41. The Morgan fingerprint density at radius 1 is 1.30 bits per heavy atom. The van der Waals surface area contributed by atoms with E-state index in [0.717, 1.165) is 6.42 Å². The highest BCUT2D eigenvalue weighted by Crippen LogP contribution is 2.11. The molecule has 20 heavy (non-hydrogen) atoms. The van der Waals surface area contributed by atoms with Gasteiger partial charge in [0.2, 0.25) is 5.91 Å². The normalized spacial score (nSPS) is 14.1. The maximum Gasteiger partial charge on any atom is 0.235 e.